The van der Waals surface area contributed by atoms with E-state index in [9.17, 15) is 13.6 Å². The molecule has 0 unspecified atom stereocenters. The van der Waals surface area contributed by atoms with Gasteiger partial charge in [0, 0.05) is 57.0 Å². The monoisotopic (exact) mass is 458 g/mol. The van der Waals surface area contributed by atoms with Crippen LogP contribution in [0.5, 0.6) is 0 Å². The quantitative estimate of drug-likeness (QED) is 0.628. The fraction of sp³-hybridized carbons (Fsp3) is 0.500. The number of aromatic nitrogens is 5. The Bertz CT molecular complexity index is 1180. The van der Waals surface area contributed by atoms with Crippen molar-refractivity contribution in [1.82, 2.24) is 29.6 Å². The van der Waals surface area contributed by atoms with Gasteiger partial charge in [-0.3, -0.25) is 4.79 Å². The van der Waals surface area contributed by atoms with Gasteiger partial charge in [0.2, 0.25) is 11.7 Å². The predicted molar refractivity (Wildman–Crippen MR) is 122 cm³/mol. The minimum Gasteiger partial charge on any atom is -0.354 e. The third-order valence-electron chi connectivity index (χ3n) is 5.79. The highest BCUT2D eigenvalue weighted by molar-refractivity contribution is 5.95. The van der Waals surface area contributed by atoms with E-state index in [0.29, 0.717) is 28.9 Å². The second kappa shape index (κ2) is 8.62. The van der Waals surface area contributed by atoms with Gasteiger partial charge >= 0.3 is 5.92 Å². The van der Waals surface area contributed by atoms with Crippen LogP contribution in [-0.2, 0) is 10.7 Å². The number of nitrogens with zero attached hydrogens (tertiary/aromatic N) is 7. The van der Waals surface area contributed by atoms with E-state index in [-0.39, 0.29) is 11.7 Å². The van der Waals surface area contributed by atoms with Gasteiger partial charge in [0.1, 0.15) is 5.82 Å². The molecule has 0 aliphatic carbocycles. The van der Waals surface area contributed by atoms with Crippen molar-refractivity contribution in [3.8, 4) is 5.82 Å². The minimum atomic E-state index is -3.19. The Labute approximate surface area is 190 Å². The maximum Gasteiger partial charge on any atom is 0.303 e. The topological polar surface area (TPSA) is 92.1 Å². The average Bonchev–Trinajstić information content (AvgIpc) is 3.11. The van der Waals surface area contributed by atoms with Crippen LogP contribution in [0.2, 0.25) is 0 Å². The van der Waals surface area contributed by atoms with Crippen molar-refractivity contribution in [2.24, 2.45) is 0 Å². The number of alkyl halides is 2. The standard InChI is InChI=1S/C22H28F2N8O/c1-13-10-19(28-21(26-13)22(3,23)24)32-17-11-18(27-14(2)33)25-12-16(17)20(29-32)31-8-6-15(7-9-31)30(4)5/h10-12,15H,6-9H2,1-5H3,(H,25,27,33). The van der Waals surface area contributed by atoms with Crippen LogP contribution in [0.25, 0.3) is 16.7 Å². The summed E-state index contributed by atoms with van der Waals surface area (Å²) < 4.78 is 29.6. The number of fused-ring (bicyclic) bond motifs is 1. The third kappa shape index (κ3) is 4.77. The summed E-state index contributed by atoms with van der Waals surface area (Å²) in [4.78, 5) is 28.3. The molecule has 3 aromatic rings. The lowest BCUT2D eigenvalue weighted by molar-refractivity contribution is -0.114. The van der Waals surface area contributed by atoms with Crippen molar-refractivity contribution in [1.29, 1.82) is 0 Å². The summed E-state index contributed by atoms with van der Waals surface area (Å²) in [6, 6.07) is 3.79. The van der Waals surface area contributed by atoms with Gasteiger partial charge in [-0.05, 0) is 33.9 Å². The number of nitrogens with one attached hydrogen (secondary N) is 1. The van der Waals surface area contributed by atoms with E-state index in [0.717, 1.165) is 38.2 Å². The maximum absolute atomic E-state index is 14.0. The minimum absolute atomic E-state index is 0.235. The van der Waals surface area contributed by atoms with E-state index in [1.807, 2.05) is 0 Å². The number of pyridine rings is 1. The second-order valence-corrected chi connectivity index (χ2v) is 8.76. The molecule has 0 atom stereocenters. The van der Waals surface area contributed by atoms with E-state index in [4.69, 9.17) is 5.10 Å². The smallest absolute Gasteiger partial charge is 0.303 e. The van der Waals surface area contributed by atoms with Crippen molar-refractivity contribution in [3.05, 3.63) is 29.8 Å². The summed E-state index contributed by atoms with van der Waals surface area (Å²) in [5.74, 6) is -2.72. The van der Waals surface area contributed by atoms with E-state index < -0.39 is 11.7 Å². The molecule has 176 valence electrons. The Morgan fingerprint density at radius 1 is 1.21 bits per heavy atom. The third-order valence-corrected chi connectivity index (χ3v) is 5.79. The molecule has 1 N–H and O–H groups in total. The molecule has 0 spiro atoms. The highest BCUT2D eigenvalue weighted by atomic mass is 19.3. The van der Waals surface area contributed by atoms with Crippen molar-refractivity contribution in [2.45, 2.75) is 45.6 Å². The Morgan fingerprint density at radius 2 is 1.91 bits per heavy atom. The summed E-state index contributed by atoms with van der Waals surface area (Å²) in [5.41, 5.74) is 1.02. The molecule has 1 fully saturated rings. The van der Waals surface area contributed by atoms with E-state index >= 15 is 0 Å². The molecule has 11 heteroatoms. The lowest BCUT2D eigenvalue weighted by Gasteiger charge is -2.35. The molecule has 1 saturated heterocycles. The molecule has 0 saturated carbocycles. The first-order valence-corrected chi connectivity index (χ1v) is 10.8. The Morgan fingerprint density at radius 3 is 2.52 bits per heavy atom. The molecular weight excluding hydrogens is 430 g/mol. The van der Waals surface area contributed by atoms with Gasteiger partial charge in [0.15, 0.2) is 11.6 Å². The highest BCUT2D eigenvalue weighted by Gasteiger charge is 2.30. The first-order chi connectivity index (χ1) is 15.5. The fourth-order valence-electron chi connectivity index (χ4n) is 4.10. The molecule has 1 aliphatic rings. The Kier molecular flexibility index (Phi) is 6.00. The normalized spacial score (nSPS) is 15.5. The van der Waals surface area contributed by atoms with Gasteiger partial charge in [-0.25, -0.2) is 19.6 Å². The number of anilines is 2. The predicted octanol–water partition coefficient (Wildman–Crippen LogP) is 3.12. The number of rotatable bonds is 5. The van der Waals surface area contributed by atoms with Crippen LogP contribution in [0.15, 0.2) is 18.3 Å². The van der Waals surface area contributed by atoms with Gasteiger partial charge in [-0.2, -0.15) is 8.78 Å². The highest BCUT2D eigenvalue weighted by Crippen LogP contribution is 2.32. The summed E-state index contributed by atoms with van der Waals surface area (Å²) in [5, 5.41) is 8.20. The Balaban J connectivity index is 1.84. The van der Waals surface area contributed by atoms with Crippen LogP contribution < -0.4 is 10.2 Å². The van der Waals surface area contributed by atoms with Gasteiger partial charge in [-0.15, -0.1) is 5.10 Å². The molecule has 9 nitrogen and oxygen atoms in total. The van der Waals surface area contributed by atoms with Crippen molar-refractivity contribution in [2.75, 3.05) is 37.4 Å². The van der Waals surface area contributed by atoms with E-state index in [2.05, 4.69) is 44.2 Å². The zero-order chi connectivity index (χ0) is 23.9. The summed E-state index contributed by atoms with van der Waals surface area (Å²) >= 11 is 0. The van der Waals surface area contributed by atoms with Crippen molar-refractivity contribution >= 4 is 28.4 Å². The van der Waals surface area contributed by atoms with Gasteiger partial charge in [0.05, 0.1) is 10.9 Å². The number of carbonyl (C=O) groups is 1. The number of amides is 1. The molecule has 0 radical (unpaired) electrons. The van der Waals surface area contributed by atoms with Crippen LogP contribution in [-0.4, -0.2) is 68.8 Å². The number of hydrogen-bond donors (Lipinski definition) is 1. The van der Waals surface area contributed by atoms with Gasteiger partial charge in [0.25, 0.3) is 0 Å². The van der Waals surface area contributed by atoms with Gasteiger partial charge < -0.3 is 15.1 Å². The SMILES string of the molecule is CC(=O)Nc1cc2c(cn1)c(N1CCC(N(C)C)CC1)nn2-c1cc(C)nc(C(C)(F)F)n1. The molecule has 33 heavy (non-hydrogen) atoms. The first-order valence-electron chi connectivity index (χ1n) is 10.8. The number of carbonyl (C=O) groups excluding carboxylic acids is 1. The lowest BCUT2D eigenvalue weighted by Crippen LogP contribution is -2.42. The summed E-state index contributed by atoms with van der Waals surface area (Å²) in [7, 11) is 4.16. The summed E-state index contributed by atoms with van der Waals surface area (Å²) in [6.45, 7) is 5.43. The lowest BCUT2D eigenvalue weighted by atomic mass is 10.0. The molecule has 3 aromatic heterocycles. The van der Waals surface area contributed by atoms with Crippen LogP contribution in [0, 0.1) is 6.92 Å². The van der Waals surface area contributed by atoms with Crippen LogP contribution in [0.1, 0.15) is 38.2 Å². The van der Waals surface area contributed by atoms with E-state index in [1.165, 1.54) is 11.6 Å². The number of piperidine rings is 1. The van der Waals surface area contributed by atoms with Gasteiger partial charge in [-0.1, -0.05) is 0 Å². The molecule has 0 bridgehead atoms. The second-order valence-electron chi connectivity index (χ2n) is 8.76. The summed E-state index contributed by atoms with van der Waals surface area (Å²) in [6.07, 6.45) is 3.62. The van der Waals surface area contributed by atoms with Crippen molar-refractivity contribution in [3.63, 3.8) is 0 Å². The molecule has 4 rings (SSSR count). The molecule has 0 aromatic carbocycles. The van der Waals surface area contributed by atoms with E-state index in [1.54, 1.807) is 25.3 Å². The van der Waals surface area contributed by atoms with Crippen molar-refractivity contribution < 1.29 is 13.6 Å². The maximum atomic E-state index is 14.0. The largest absolute Gasteiger partial charge is 0.354 e. The van der Waals surface area contributed by atoms with Crippen LogP contribution in [0.3, 0.4) is 0 Å². The molecule has 1 aliphatic heterocycles. The Hall–Kier alpha value is -3.21. The average molecular weight is 459 g/mol. The fourth-order valence-corrected chi connectivity index (χ4v) is 4.10. The molecular formula is C22H28F2N8O. The molecule has 4 heterocycles. The number of hydrogen-bond acceptors (Lipinski definition) is 7. The van der Waals surface area contributed by atoms with Crippen LogP contribution in [0.4, 0.5) is 20.4 Å². The number of halogens is 2. The van der Waals surface area contributed by atoms with Crippen LogP contribution >= 0.6 is 0 Å². The first kappa shape index (κ1) is 23.0. The molecule has 1 amide bonds. The zero-order valence-electron chi connectivity index (χ0n) is 19.4. The number of aryl methyl sites for hydroxylation is 1. The zero-order valence-corrected chi connectivity index (χ0v) is 19.4.